The van der Waals surface area contributed by atoms with Gasteiger partial charge in [-0.1, -0.05) is 12.1 Å². The fourth-order valence-corrected chi connectivity index (χ4v) is 5.72. The summed E-state index contributed by atoms with van der Waals surface area (Å²) in [5.74, 6) is -0.904. The topological polar surface area (TPSA) is 163 Å². The number of ketones is 2. The molecular weight excluding hydrogens is 484 g/mol. The molecule has 7 atom stereocenters. The second-order valence-electron chi connectivity index (χ2n) is 10.5. The summed E-state index contributed by atoms with van der Waals surface area (Å²) >= 11 is 0. The van der Waals surface area contributed by atoms with Crippen molar-refractivity contribution in [2.45, 2.75) is 75.5 Å². The molecule has 5 rings (SSSR count). The molecule has 0 spiro atoms. The maximum atomic E-state index is 14.0. The Labute approximate surface area is 213 Å². The second kappa shape index (κ2) is 8.59. The minimum Gasteiger partial charge on any atom is -0.496 e. The Kier molecular flexibility index (Phi) is 5.98. The second-order valence-corrected chi connectivity index (χ2v) is 10.5. The van der Waals surface area contributed by atoms with Crippen molar-refractivity contribution in [3.8, 4) is 11.5 Å². The lowest BCUT2D eigenvalue weighted by molar-refractivity contribution is -0.268. The van der Waals surface area contributed by atoms with E-state index < -0.39 is 53.5 Å². The van der Waals surface area contributed by atoms with Crippen LogP contribution in [-0.2, 0) is 16.8 Å². The lowest BCUT2D eigenvalue weighted by Gasteiger charge is -2.41. The SMILES string of the molecule is COc1cccc2c1C(=O)c1c(OC3O[C@H](C)[C@@H](O)[C@H](O)[C@@H]3O)cc3c(c1C2(C)O)C(=O)C[C@](C)(O)C3. The number of benzene rings is 2. The van der Waals surface area contributed by atoms with Gasteiger partial charge in [0.25, 0.3) is 0 Å². The van der Waals surface area contributed by atoms with E-state index in [4.69, 9.17) is 14.2 Å². The quantitative estimate of drug-likeness (QED) is 0.392. The van der Waals surface area contributed by atoms with Crippen LogP contribution in [0.1, 0.15) is 70.2 Å². The zero-order valence-corrected chi connectivity index (χ0v) is 20.9. The van der Waals surface area contributed by atoms with E-state index in [2.05, 4.69) is 0 Å². The Morgan fingerprint density at radius 3 is 2.32 bits per heavy atom. The molecule has 10 nitrogen and oxygen atoms in total. The molecule has 0 radical (unpaired) electrons. The Hall–Kier alpha value is -2.86. The van der Waals surface area contributed by atoms with Gasteiger partial charge in [0.1, 0.15) is 35.4 Å². The van der Waals surface area contributed by atoms with Gasteiger partial charge in [0.15, 0.2) is 5.78 Å². The average Bonchev–Trinajstić information content (AvgIpc) is 2.82. The van der Waals surface area contributed by atoms with E-state index in [1.54, 1.807) is 18.2 Å². The van der Waals surface area contributed by atoms with Crippen LogP contribution in [0, 0.1) is 0 Å². The van der Waals surface area contributed by atoms with Gasteiger partial charge in [0.05, 0.1) is 29.9 Å². The molecule has 2 unspecified atom stereocenters. The number of methoxy groups -OCH3 is 1. The van der Waals surface area contributed by atoms with E-state index in [1.165, 1.54) is 33.9 Å². The summed E-state index contributed by atoms with van der Waals surface area (Å²) < 4.78 is 17.0. The van der Waals surface area contributed by atoms with Crippen molar-refractivity contribution in [2.75, 3.05) is 7.11 Å². The van der Waals surface area contributed by atoms with Crippen LogP contribution in [0.2, 0.25) is 0 Å². The first-order valence-corrected chi connectivity index (χ1v) is 12.0. The molecule has 198 valence electrons. The van der Waals surface area contributed by atoms with Crippen LogP contribution in [0.15, 0.2) is 24.3 Å². The number of carbonyl (C=O) groups excluding carboxylic acids is 2. The van der Waals surface area contributed by atoms with Crippen LogP contribution in [0.5, 0.6) is 11.5 Å². The molecule has 1 saturated heterocycles. The summed E-state index contributed by atoms with van der Waals surface area (Å²) in [6, 6.07) is 6.21. The molecule has 1 heterocycles. The molecule has 1 aliphatic heterocycles. The van der Waals surface area contributed by atoms with Gasteiger partial charge >= 0.3 is 0 Å². The number of aliphatic hydroxyl groups excluding tert-OH is 3. The molecule has 5 N–H and O–H groups in total. The minimum atomic E-state index is -1.83. The molecule has 10 heteroatoms. The third-order valence-electron chi connectivity index (χ3n) is 7.53. The average molecular weight is 515 g/mol. The van der Waals surface area contributed by atoms with E-state index in [1.807, 2.05) is 0 Å². The molecule has 2 aromatic carbocycles. The predicted molar refractivity (Wildman–Crippen MR) is 128 cm³/mol. The van der Waals surface area contributed by atoms with E-state index in [-0.39, 0.29) is 52.2 Å². The van der Waals surface area contributed by atoms with Crippen LogP contribution in [0.4, 0.5) is 0 Å². The summed E-state index contributed by atoms with van der Waals surface area (Å²) in [5, 5.41) is 53.5. The van der Waals surface area contributed by atoms with Gasteiger partial charge in [0, 0.05) is 29.5 Å². The van der Waals surface area contributed by atoms with Crippen molar-refractivity contribution in [1.29, 1.82) is 0 Å². The Bertz CT molecular complexity index is 1300. The third-order valence-corrected chi connectivity index (χ3v) is 7.53. The normalized spacial score (nSPS) is 34.9. The van der Waals surface area contributed by atoms with Crippen molar-refractivity contribution in [1.82, 2.24) is 0 Å². The van der Waals surface area contributed by atoms with Gasteiger partial charge in [-0.15, -0.1) is 0 Å². The summed E-state index contributed by atoms with van der Waals surface area (Å²) in [7, 11) is 1.39. The zero-order chi connectivity index (χ0) is 27.0. The molecule has 37 heavy (non-hydrogen) atoms. The molecule has 2 aliphatic carbocycles. The first kappa shape index (κ1) is 25.8. The first-order chi connectivity index (χ1) is 17.3. The lowest BCUT2D eigenvalue weighted by atomic mass is 9.68. The standard InChI is InChI=1S/C27H30O10/c1-11-21(29)23(31)24(32)25(36-11)37-16-8-12-9-26(2,33)10-14(28)17(12)20-19(16)22(30)18-13(27(20,3)34)6-5-7-15(18)35-4/h5-8,11,21,23-25,29,31-34H,9-10H2,1-4H3/t11-,21-,23+,24+,25?,26-,27?/m1/s1. The maximum Gasteiger partial charge on any atom is 0.229 e. The van der Waals surface area contributed by atoms with E-state index in [0.717, 1.165) is 0 Å². The Balaban J connectivity index is 1.76. The van der Waals surface area contributed by atoms with Gasteiger partial charge in [-0.05, 0) is 38.5 Å². The molecule has 0 amide bonds. The smallest absolute Gasteiger partial charge is 0.229 e. The number of rotatable bonds is 3. The van der Waals surface area contributed by atoms with Crippen molar-refractivity contribution in [2.24, 2.45) is 0 Å². The fourth-order valence-electron chi connectivity index (χ4n) is 5.72. The van der Waals surface area contributed by atoms with Gasteiger partial charge < -0.3 is 39.7 Å². The van der Waals surface area contributed by atoms with Gasteiger partial charge in [-0.3, -0.25) is 9.59 Å². The highest BCUT2D eigenvalue weighted by Crippen LogP contribution is 2.50. The van der Waals surface area contributed by atoms with Crippen molar-refractivity contribution >= 4 is 11.6 Å². The monoisotopic (exact) mass is 514 g/mol. The third kappa shape index (κ3) is 3.87. The maximum absolute atomic E-state index is 14.0. The summed E-state index contributed by atoms with van der Waals surface area (Å²) in [4.78, 5) is 27.3. The van der Waals surface area contributed by atoms with Gasteiger partial charge in [-0.25, -0.2) is 0 Å². The summed E-state index contributed by atoms with van der Waals surface area (Å²) in [6.07, 6.45) is -7.15. The Morgan fingerprint density at radius 1 is 0.946 bits per heavy atom. The van der Waals surface area contributed by atoms with Crippen LogP contribution < -0.4 is 9.47 Å². The van der Waals surface area contributed by atoms with Crippen molar-refractivity contribution in [3.05, 3.63) is 57.6 Å². The molecule has 0 saturated carbocycles. The molecule has 2 aromatic rings. The molecule has 3 aliphatic rings. The van der Waals surface area contributed by atoms with Crippen LogP contribution in [-0.4, -0.2) is 80.5 Å². The molecule has 0 aromatic heterocycles. The van der Waals surface area contributed by atoms with Crippen LogP contribution in [0.3, 0.4) is 0 Å². The lowest BCUT2D eigenvalue weighted by Crippen LogP contribution is -2.58. The first-order valence-electron chi connectivity index (χ1n) is 12.0. The van der Waals surface area contributed by atoms with E-state index in [0.29, 0.717) is 5.56 Å². The number of hydrogen-bond donors (Lipinski definition) is 5. The highest BCUT2D eigenvalue weighted by molar-refractivity contribution is 6.18. The number of fused-ring (bicyclic) bond motifs is 4. The van der Waals surface area contributed by atoms with Crippen molar-refractivity contribution in [3.63, 3.8) is 0 Å². The van der Waals surface area contributed by atoms with Gasteiger partial charge in [0.2, 0.25) is 12.1 Å². The van der Waals surface area contributed by atoms with Crippen LogP contribution >= 0.6 is 0 Å². The largest absolute Gasteiger partial charge is 0.496 e. The highest BCUT2D eigenvalue weighted by atomic mass is 16.7. The number of Topliss-reactive ketones (excluding diaryl/α,β-unsaturated/α-hetero) is 1. The molecule has 0 bridgehead atoms. The summed E-state index contributed by atoms with van der Waals surface area (Å²) in [6.45, 7) is 4.48. The Morgan fingerprint density at radius 2 is 1.65 bits per heavy atom. The van der Waals surface area contributed by atoms with Crippen molar-refractivity contribution < 1.29 is 49.3 Å². The predicted octanol–water partition coefficient (Wildman–Crippen LogP) is 0.582. The van der Waals surface area contributed by atoms with Crippen LogP contribution in [0.25, 0.3) is 0 Å². The van der Waals surface area contributed by atoms with E-state index >= 15 is 0 Å². The molecular formula is C27H30O10. The fraction of sp³-hybridized carbons (Fsp3) is 0.481. The van der Waals surface area contributed by atoms with Gasteiger partial charge in [-0.2, -0.15) is 0 Å². The number of ether oxygens (including phenoxy) is 3. The minimum absolute atomic E-state index is 0.0326. The number of hydrogen-bond acceptors (Lipinski definition) is 10. The zero-order valence-electron chi connectivity index (χ0n) is 20.9. The summed E-state index contributed by atoms with van der Waals surface area (Å²) in [5.41, 5.74) is -2.44. The molecule has 1 fully saturated rings. The number of aliphatic hydroxyl groups is 5. The number of carbonyl (C=O) groups is 2. The van der Waals surface area contributed by atoms with E-state index in [9.17, 15) is 35.1 Å². The highest BCUT2D eigenvalue weighted by Gasteiger charge is 2.49.